The molecule has 10 nitrogen and oxygen atoms in total. The van der Waals surface area contributed by atoms with E-state index in [2.05, 4.69) is 10.3 Å². The maximum atomic E-state index is 12.9. The number of hydrogen-bond acceptors (Lipinski definition) is 7. The number of nitrogens with zero attached hydrogens (tertiary/aromatic N) is 3. The number of anilines is 2. The highest BCUT2D eigenvalue weighted by molar-refractivity contribution is 6.02. The number of hydrogen-bond donors (Lipinski definition) is 1. The second-order valence-corrected chi connectivity index (χ2v) is 8.62. The van der Waals surface area contributed by atoms with Crippen molar-refractivity contribution in [2.24, 2.45) is 0 Å². The van der Waals surface area contributed by atoms with E-state index < -0.39 is 12.2 Å². The Hall–Kier alpha value is -4.34. The Morgan fingerprint density at radius 2 is 1.81 bits per heavy atom. The maximum Gasteiger partial charge on any atom is 0.414 e. The van der Waals surface area contributed by atoms with Crippen molar-refractivity contribution >= 4 is 29.5 Å². The molecule has 0 fully saturated rings. The highest BCUT2D eigenvalue weighted by atomic mass is 16.6. The molecule has 1 N–H and O–H groups in total. The van der Waals surface area contributed by atoms with Crippen LogP contribution in [-0.4, -0.2) is 48.9 Å². The van der Waals surface area contributed by atoms with Crippen LogP contribution in [0.2, 0.25) is 0 Å². The van der Waals surface area contributed by atoms with E-state index in [9.17, 15) is 14.4 Å². The van der Waals surface area contributed by atoms with Gasteiger partial charge in [0.2, 0.25) is 5.89 Å². The van der Waals surface area contributed by atoms with Crippen molar-refractivity contribution < 1.29 is 28.3 Å². The highest BCUT2D eigenvalue weighted by Crippen LogP contribution is 2.39. The quantitative estimate of drug-likeness (QED) is 0.554. The van der Waals surface area contributed by atoms with Crippen LogP contribution in [0.25, 0.3) is 11.1 Å². The average molecular weight is 493 g/mol. The second kappa shape index (κ2) is 10.5. The molecule has 0 radical (unpaired) electrons. The predicted octanol–water partition coefficient (Wildman–Crippen LogP) is 4.60. The molecule has 1 atom stereocenters. The Kier molecular flexibility index (Phi) is 7.23. The summed E-state index contributed by atoms with van der Waals surface area (Å²) in [6.45, 7) is 5.85. The van der Waals surface area contributed by atoms with Crippen LogP contribution in [-0.2, 0) is 16.0 Å². The standard InChI is InChI=1S/C26H28N4O6/c1-16(2)36-25(32)29-15-17(3)30(26(33)34-4)21-10-9-20(13-22(21)29)18-5-7-19(8-6-18)24(31)28-14-23-27-11-12-35-23/h5-13,16-17H,14-15H2,1-4H3,(H,28,31)/t17-/m0/s1. The molecule has 1 aliphatic heterocycles. The summed E-state index contributed by atoms with van der Waals surface area (Å²) < 4.78 is 15.6. The molecule has 0 saturated carbocycles. The zero-order valence-corrected chi connectivity index (χ0v) is 20.6. The minimum atomic E-state index is -0.506. The monoisotopic (exact) mass is 492 g/mol. The Bertz CT molecular complexity index is 1240. The fourth-order valence-electron chi connectivity index (χ4n) is 4.03. The lowest BCUT2D eigenvalue weighted by Crippen LogP contribution is -2.52. The van der Waals surface area contributed by atoms with Crippen molar-refractivity contribution in [3.63, 3.8) is 0 Å². The molecule has 1 aromatic heterocycles. The number of amides is 3. The van der Waals surface area contributed by atoms with Crippen LogP contribution in [0.5, 0.6) is 0 Å². The van der Waals surface area contributed by atoms with Crippen molar-refractivity contribution in [1.82, 2.24) is 10.3 Å². The summed E-state index contributed by atoms with van der Waals surface area (Å²) in [6, 6.07) is 12.2. The number of benzene rings is 2. The van der Waals surface area contributed by atoms with E-state index in [1.807, 2.05) is 31.2 Å². The topological polar surface area (TPSA) is 114 Å². The van der Waals surface area contributed by atoms with Gasteiger partial charge in [0.05, 0.1) is 49.9 Å². The fraction of sp³-hybridized carbons (Fsp3) is 0.308. The van der Waals surface area contributed by atoms with Crippen molar-refractivity contribution in [2.75, 3.05) is 23.5 Å². The first kappa shape index (κ1) is 24.8. The molecule has 4 rings (SSSR count). The van der Waals surface area contributed by atoms with Gasteiger partial charge in [-0.2, -0.15) is 0 Å². The summed E-state index contributed by atoms with van der Waals surface area (Å²) in [6.07, 6.45) is 1.68. The SMILES string of the molecule is COC(=O)N1c2ccc(-c3ccc(C(=O)NCc4ncco4)cc3)cc2N(C(=O)OC(C)C)C[C@@H]1C. The smallest absolute Gasteiger partial charge is 0.414 e. The van der Waals surface area contributed by atoms with Gasteiger partial charge in [-0.05, 0) is 56.2 Å². The minimum Gasteiger partial charge on any atom is -0.452 e. The van der Waals surface area contributed by atoms with Gasteiger partial charge in [0, 0.05) is 5.56 Å². The normalized spacial score (nSPS) is 14.9. The Morgan fingerprint density at radius 1 is 1.08 bits per heavy atom. The van der Waals surface area contributed by atoms with Crippen LogP contribution in [0, 0.1) is 0 Å². The molecule has 188 valence electrons. The summed E-state index contributed by atoms with van der Waals surface area (Å²) in [7, 11) is 1.32. The van der Waals surface area contributed by atoms with Crippen molar-refractivity contribution in [1.29, 1.82) is 0 Å². The third-order valence-electron chi connectivity index (χ3n) is 5.71. The zero-order valence-electron chi connectivity index (χ0n) is 20.6. The fourth-order valence-corrected chi connectivity index (χ4v) is 4.03. The molecule has 0 saturated heterocycles. The van der Waals surface area contributed by atoms with E-state index in [4.69, 9.17) is 13.9 Å². The first-order chi connectivity index (χ1) is 17.3. The number of aromatic nitrogens is 1. The van der Waals surface area contributed by atoms with Gasteiger partial charge in [-0.3, -0.25) is 14.6 Å². The van der Waals surface area contributed by atoms with Crippen LogP contribution in [0.4, 0.5) is 21.0 Å². The van der Waals surface area contributed by atoms with Gasteiger partial charge in [0.25, 0.3) is 5.91 Å². The zero-order chi connectivity index (χ0) is 25.8. The third kappa shape index (κ3) is 5.17. The average Bonchev–Trinajstić information content (AvgIpc) is 3.39. The van der Waals surface area contributed by atoms with Crippen LogP contribution in [0.3, 0.4) is 0 Å². The molecule has 2 heterocycles. The Morgan fingerprint density at radius 3 is 2.44 bits per heavy atom. The number of methoxy groups -OCH3 is 1. The highest BCUT2D eigenvalue weighted by Gasteiger charge is 2.36. The summed E-state index contributed by atoms with van der Waals surface area (Å²) in [5, 5.41) is 2.76. The summed E-state index contributed by atoms with van der Waals surface area (Å²) >= 11 is 0. The van der Waals surface area contributed by atoms with Gasteiger partial charge in [-0.1, -0.05) is 18.2 Å². The lowest BCUT2D eigenvalue weighted by Gasteiger charge is -2.40. The molecule has 3 amide bonds. The molecule has 2 aromatic carbocycles. The maximum absolute atomic E-state index is 12.9. The van der Waals surface area contributed by atoms with Gasteiger partial charge in [0.1, 0.15) is 6.26 Å². The van der Waals surface area contributed by atoms with E-state index in [0.717, 1.165) is 11.1 Å². The molecule has 0 bridgehead atoms. The van der Waals surface area contributed by atoms with E-state index in [1.54, 1.807) is 32.0 Å². The first-order valence-corrected chi connectivity index (χ1v) is 11.5. The summed E-state index contributed by atoms with van der Waals surface area (Å²) in [5.74, 6) is 0.167. The lowest BCUT2D eigenvalue weighted by molar-refractivity contribution is 0.0947. The van der Waals surface area contributed by atoms with E-state index in [-0.39, 0.29) is 31.1 Å². The van der Waals surface area contributed by atoms with Crippen molar-refractivity contribution in [3.05, 3.63) is 66.4 Å². The second-order valence-electron chi connectivity index (χ2n) is 8.62. The number of nitrogens with one attached hydrogen (secondary N) is 1. The van der Waals surface area contributed by atoms with Crippen LogP contribution < -0.4 is 15.1 Å². The lowest BCUT2D eigenvalue weighted by atomic mass is 10.00. The number of fused-ring (bicyclic) bond motifs is 1. The molecule has 1 aliphatic rings. The molecule has 36 heavy (non-hydrogen) atoms. The van der Waals surface area contributed by atoms with Crippen molar-refractivity contribution in [2.45, 2.75) is 39.5 Å². The molecule has 0 unspecified atom stereocenters. The van der Waals surface area contributed by atoms with Crippen molar-refractivity contribution in [3.8, 4) is 11.1 Å². The summed E-state index contributed by atoms with van der Waals surface area (Å²) in [5.41, 5.74) is 3.21. The van der Waals surface area contributed by atoms with E-state index in [0.29, 0.717) is 22.8 Å². The Balaban J connectivity index is 1.61. The molecule has 0 aliphatic carbocycles. The molecule has 0 spiro atoms. The van der Waals surface area contributed by atoms with Gasteiger partial charge < -0.3 is 19.2 Å². The molecular formula is C26H28N4O6. The third-order valence-corrected chi connectivity index (χ3v) is 5.71. The van der Waals surface area contributed by atoms with Crippen LogP contribution in [0.15, 0.2) is 59.3 Å². The molecule has 3 aromatic rings. The van der Waals surface area contributed by atoms with Crippen LogP contribution >= 0.6 is 0 Å². The number of carbonyl (C=O) groups is 3. The minimum absolute atomic E-state index is 0.190. The van der Waals surface area contributed by atoms with Gasteiger partial charge in [-0.15, -0.1) is 0 Å². The molecule has 10 heteroatoms. The van der Waals surface area contributed by atoms with E-state index in [1.165, 1.54) is 29.4 Å². The number of rotatable bonds is 5. The Labute approximate surface area is 208 Å². The van der Waals surface area contributed by atoms with Gasteiger partial charge >= 0.3 is 12.2 Å². The van der Waals surface area contributed by atoms with Gasteiger partial charge in [0.15, 0.2) is 0 Å². The number of ether oxygens (including phenoxy) is 2. The van der Waals surface area contributed by atoms with Crippen LogP contribution in [0.1, 0.15) is 37.0 Å². The van der Waals surface area contributed by atoms with Gasteiger partial charge in [-0.25, -0.2) is 14.6 Å². The number of oxazole rings is 1. The first-order valence-electron chi connectivity index (χ1n) is 11.5. The number of carbonyl (C=O) groups excluding carboxylic acids is 3. The molecular weight excluding hydrogens is 464 g/mol. The largest absolute Gasteiger partial charge is 0.452 e. The predicted molar refractivity (Wildman–Crippen MR) is 133 cm³/mol. The van der Waals surface area contributed by atoms with E-state index >= 15 is 0 Å². The summed E-state index contributed by atoms with van der Waals surface area (Å²) in [4.78, 5) is 44.9.